The van der Waals surface area contributed by atoms with Crippen LogP contribution in [0.2, 0.25) is 0 Å². The van der Waals surface area contributed by atoms with Crippen molar-refractivity contribution in [2.75, 3.05) is 19.4 Å². The number of pyridine rings is 1. The van der Waals surface area contributed by atoms with E-state index in [2.05, 4.69) is 42.0 Å². The van der Waals surface area contributed by atoms with Crippen LogP contribution < -0.4 is 9.30 Å². The van der Waals surface area contributed by atoms with Gasteiger partial charge in [0.05, 0.1) is 11.1 Å². The van der Waals surface area contributed by atoms with E-state index in [4.69, 9.17) is 4.74 Å². The molecule has 0 spiro atoms. The molecule has 0 bridgehead atoms. The molecule has 0 fully saturated rings. The Hall–Kier alpha value is -2.53. The van der Waals surface area contributed by atoms with Gasteiger partial charge in [-0.05, 0) is 24.1 Å². The number of ether oxygens (including phenoxy) is 1. The quantitative estimate of drug-likeness (QED) is 0.379. The first-order valence-electron chi connectivity index (χ1n) is 10.7. The van der Waals surface area contributed by atoms with Gasteiger partial charge in [-0.2, -0.15) is 4.57 Å². The SMILES string of the molecule is CCCCC1COc2cccc3c(SCC(=O)N(C)Cc4ccccc4)cc[n+]1c23. The number of unbranched alkanes of at least 4 members (excludes halogenated alkanes) is 1. The van der Waals surface area contributed by atoms with Gasteiger partial charge in [-0.25, -0.2) is 0 Å². The second-order valence-electron chi connectivity index (χ2n) is 7.87. The Morgan fingerprint density at radius 3 is 2.80 bits per heavy atom. The third kappa shape index (κ3) is 4.46. The molecule has 0 aliphatic carbocycles. The number of aromatic nitrogens is 1. The summed E-state index contributed by atoms with van der Waals surface area (Å²) in [6, 6.07) is 18.9. The molecule has 1 amide bonds. The fourth-order valence-electron chi connectivity index (χ4n) is 3.97. The smallest absolute Gasteiger partial charge is 0.256 e. The van der Waals surface area contributed by atoms with E-state index in [0.29, 0.717) is 18.3 Å². The largest absolute Gasteiger partial charge is 0.480 e. The monoisotopic (exact) mass is 421 g/mol. The summed E-state index contributed by atoms with van der Waals surface area (Å²) in [5.74, 6) is 1.50. The normalized spacial score (nSPS) is 15.1. The Balaban J connectivity index is 1.50. The van der Waals surface area contributed by atoms with Crippen LogP contribution in [0.15, 0.2) is 65.7 Å². The summed E-state index contributed by atoms with van der Waals surface area (Å²) in [5, 5.41) is 1.17. The fraction of sp³-hybridized carbons (Fsp3) is 0.360. The van der Waals surface area contributed by atoms with Crippen LogP contribution in [0, 0.1) is 0 Å². The molecule has 0 radical (unpaired) electrons. The topological polar surface area (TPSA) is 33.4 Å². The zero-order valence-electron chi connectivity index (χ0n) is 17.7. The molecular formula is C25H29N2O2S+. The maximum absolute atomic E-state index is 12.7. The highest BCUT2D eigenvalue weighted by molar-refractivity contribution is 8.00. The summed E-state index contributed by atoms with van der Waals surface area (Å²) >= 11 is 1.61. The third-order valence-corrected chi connectivity index (χ3v) is 6.72. The van der Waals surface area contributed by atoms with Gasteiger partial charge in [-0.15, -0.1) is 11.8 Å². The van der Waals surface area contributed by atoms with E-state index in [0.717, 1.165) is 34.8 Å². The van der Waals surface area contributed by atoms with E-state index in [9.17, 15) is 4.79 Å². The lowest BCUT2D eigenvalue weighted by Gasteiger charge is -2.22. The second-order valence-corrected chi connectivity index (χ2v) is 8.89. The predicted molar refractivity (Wildman–Crippen MR) is 122 cm³/mol. The summed E-state index contributed by atoms with van der Waals surface area (Å²) in [6.07, 6.45) is 5.69. The fourth-order valence-corrected chi connectivity index (χ4v) is 4.95. The summed E-state index contributed by atoms with van der Waals surface area (Å²) in [6.45, 7) is 3.59. The zero-order chi connectivity index (χ0) is 20.9. The highest BCUT2D eigenvalue weighted by atomic mass is 32.2. The second kappa shape index (κ2) is 9.52. The van der Waals surface area contributed by atoms with Crippen molar-refractivity contribution < 1.29 is 14.1 Å². The average molecular weight is 422 g/mol. The first-order chi connectivity index (χ1) is 14.7. The van der Waals surface area contributed by atoms with E-state index < -0.39 is 0 Å². The average Bonchev–Trinajstić information content (AvgIpc) is 2.78. The van der Waals surface area contributed by atoms with Crippen LogP contribution in [0.25, 0.3) is 10.9 Å². The molecule has 156 valence electrons. The number of hydrogen-bond donors (Lipinski definition) is 0. The molecule has 5 heteroatoms. The number of hydrogen-bond acceptors (Lipinski definition) is 3. The number of carbonyl (C=O) groups is 1. The van der Waals surface area contributed by atoms with Crippen molar-refractivity contribution in [2.45, 2.75) is 43.7 Å². The van der Waals surface area contributed by atoms with Crippen molar-refractivity contribution in [1.82, 2.24) is 4.90 Å². The van der Waals surface area contributed by atoms with Crippen LogP contribution in [0.4, 0.5) is 0 Å². The van der Waals surface area contributed by atoms with Gasteiger partial charge in [-0.3, -0.25) is 4.79 Å². The molecule has 0 N–H and O–H groups in total. The zero-order valence-corrected chi connectivity index (χ0v) is 18.5. The van der Waals surface area contributed by atoms with Crippen LogP contribution >= 0.6 is 11.8 Å². The van der Waals surface area contributed by atoms with Crippen LogP contribution in [-0.4, -0.2) is 30.2 Å². The molecule has 3 aromatic rings. The van der Waals surface area contributed by atoms with E-state index in [1.54, 1.807) is 16.7 Å². The van der Waals surface area contributed by atoms with E-state index in [1.165, 1.54) is 18.2 Å². The predicted octanol–water partition coefficient (Wildman–Crippen LogP) is 5.00. The van der Waals surface area contributed by atoms with Crippen molar-refractivity contribution in [3.05, 3.63) is 66.4 Å². The molecule has 0 saturated carbocycles. The van der Waals surface area contributed by atoms with Crippen LogP contribution in [0.5, 0.6) is 5.75 Å². The van der Waals surface area contributed by atoms with Crippen molar-refractivity contribution in [3.8, 4) is 5.75 Å². The summed E-state index contributed by atoms with van der Waals surface area (Å²) < 4.78 is 8.46. The first-order valence-corrected chi connectivity index (χ1v) is 11.7. The van der Waals surface area contributed by atoms with Gasteiger partial charge in [0.25, 0.3) is 5.52 Å². The maximum atomic E-state index is 12.7. The third-order valence-electron chi connectivity index (χ3n) is 5.66. The number of thioether (sulfide) groups is 1. The Kier molecular flexibility index (Phi) is 6.58. The maximum Gasteiger partial charge on any atom is 0.256 e. The Bertz CT molecular complexity index is 1020. The summed E-state index contributed by atoms with van der Waals surface area (Å²) in [4.78, 5) is 15.6. The lowest BCUT2D eigenvalue weighted by Crippen LogP contribution is -2.46. The molecule has 2 aromatic carbocycles. The number of benzene rings is 2. The molecule has 1 aliphatic heterocycles. The number of carbonyl (C=O) groups excluding carboxylic acids is 1. The molecule has 1 unspecified atom stereocenters. The highest BCUT2D eigenvalue weighted by Crippen LogP contribution is 2.34. The van der Waals surface area contributed by atoms with Crippen molar-refractivity contribution in [3.63, 3.8) is 0 Å². The molecule has 4 rings (SSSR count). The van der Waals surface area contributed by atoms with E-state index in [1.807, 2.05) is 37.4 Å². The van der Waals surface area contributed by atoms with Gasteiger partial charge in [-0.1, -0.05) is 49.7 Å². The van der Waals surface area contributed by atoms with Gasteiger partial charge < -0.3 is 9.64 Å². The van der Waals surface area contributed by atoms with E-state index in [-0.39, 0.29) is 5.91 Å². The molecule has 30 heavy (non-hydrogen) atoms. The molecule has 2 heterocycles. The molecular weight excluding hydrogens is 392 g/mol. The number of nitrogens with zero attached hydrogens (tertiary/aromatic N) is 2. The van der Waals surface area contributed by atoms with Gasteiger partial charge in [0.1, 0.15) is 0 Å². The molecule has 0 saturated heterocycles. The van der Waals surface area contributed by atoms with Crippen molar-refractivity contribution in [2.24, 2.45) is 0 Å². The van der Waals surface area contributed by atoms with Crippen LogP contribution in [0.3, 0.4) is 0 Å². The Morgan fingerprint density at radius 1 is 1.17 bits per heavy atom. The minimum atomic E-state index is 0.133. The first kappa shape index (κ1) is 20.7. The highest BCUT2D eigenvalue weighted by Gasteiger charge is 2.30. The lowest BCUT2D eigenvalue weighted by molar-refractivity contribution is -0.704. The number of rotatable bonds is 8. The molecule has 1 atom stereocenters. The number of para-hydroxylation sites is 1. The lowest BCUT2D eigenvalue weighted by atomic mass is 10.1. The summed E-state index contributed by atoms with van der Waals surface area (Å²) in [7, 11) is 1.87. The number of amides is 1. The van der Waals surface area contributed by atoms with Gasteiger partial charge >= 0.3 is 0 Å². The minimum Gasteiger partial charge on any atom is -0.480 e. The Morgan fingerprint density at radius 2 is 2.00 bits per heavy atom. The standard InChI is InChI=1S/C25H29N2O2S/c1-3-4-11-20-17-29-22-13-8-12-21-23(14-15-27(20)25(21)22)30-18-24(28)26(2)16-19-9-6-5-7-10-19/h5-10,12-15,20H,3-4,11,16-18H2,1-2H3/q+1. The van der Waals surface area contributed by atoms with Gasteiger partial charge in [0.15, 0.2) is 24.6 Å². The van der Waals surface area contributed by atoms with Gasteiger partial charge in [0.2, 0.25) is 5.91 Å². The van der Waals surface area contributed by atoms with Crippen LogP contribution in [0.1, 0.15) is 37.8 Å². The molecule has 4 nitrogen and oxygen atoms in total. The summed E-state index contributed by atoms with van der Waals surface area (Å²) in [5.41, 5.74) is 2.30. The van der Waals surface area contributed by atoms with Crippen LogP contribution in [-0.2, 0) is 11.3 Å². The molecule has 1 aliphatic rings. The van der Waals surface area contributed by atoms with E-state index >= 15 is 0 Å². The molecule has 1 aromatic heterocycles. The minimum absolute atomic E-state index is 0.133. The van der Waals surface area contributed by atoms with Gasteiger partial charge in [0, 0.05) is 31.0 Å². The van der Waals surface area contributed by atoms with Crippen molar-refractivity contribution in [1.29, 1.82) is 0 Å². The Labute approximate surface area is 182 Å². The van der Waals surface area contributed by atoms with Crippen molar-refractivity contribution >= 4 is 28.6 Å².